The number of nitrogens with zero attached hydrogens (tertiary/aromatic N) is 2. The molecule has 1 aromatic carbocycles. The van der Waals surface area contributed by atoms with Gasteiger partial charge in [0.2, 0.25) is 5.82 Å². The molecule has 1 aliphatic heterocycles. The molecular weight excluding hydrogens is 341 g/mol. The Kier molecular flexibility index (Phi) is 7.37. The molecule has 1 aliphatic rings. The largest absolute Gasteiger partial charge is 0.484 e. The Morgan fingerprint density at radius 3 is 2.88 bits per heavy atom. The highest BCUT2D eigenvalue weighted by Gasteiger charge is 2.26. The second-order valence-electron chi connectivity index (χ2n) is 5.76. The van der Waals surface area contributed by atoms with Gasteiger partial charge in [0.05, 0.1) is 4.92 Å². The Morgan fingerprint density at radius 1 is 1.58 bits per heavy atom. The minimum Gasteiger partial charge on any atom is -0.484 e. The van der Waals surface area contributed by atoms with Gasteiger partial charge in [0.15, 0.2) is 6.61 Å². The molecule has 2 atom stereocenters. The number of ether oxygens (including phenoxy) is 1. The van der Waals surface area contributed by atoms with Crippen LogP contribution < -0.4 is 10.5 Å². The van der Waals surface area contributed by atoms with Crippen LogP contribution >= 0.6 is 12.4 Å². The summed E-state index contributed by atoms with van der Waals surface area (Å²) in [4.78, 5) is 23.6. The van der Waals surface area contributed by atoms with Gasteiger partial charge in [-0.1, -0.05) is 0 Å². The summed E-state index contributed by atoms with van der Waals surface area (Å²) in [5.41, 5.74) is 5.26. The highest BCUT2D eigenvalue weighted by atomic mass is 35.5. The van der Waals surface area contributed by atoms with Crippen LogP contribution in [0.15, 0.2) is 18.2 Å². The second kappa shape index (κ2) is 8.79. The fraction of sp³-hybridized carbons (Fsp3) is 0.533. The molecule has 7 nitrogen and oxygen atoms in total. The van der Waals surface area contributed by atoms with Crippen molar-refractivity contribution in [3.8, 4) is 5.75 Å². The van der Waals surface area contributed by atoms with E-state index in [0.717, 1.165) is 25.0 Å². The van der Waals surface area contributed by atoms with Gasteiger partial charge in [-0.2, -0.15) is 4.39 Å². The molecule has 1 aromatic rings. The average molecular weight is 362 g/mol. The van der Waals surface area contributed by atoms with E-state index in [0.29, 0.717) is 13.1 Å². The van der Waals surface area contributed by atoms with Crippen LogP contribution in [0.5, 0.6) is 5.75 Å². The maximum Gasteiger partial charge on any atom is 0.305 e. The van der Waals surface area contributed by atoms with Crippen molar-refractivity contribution in [3.05, 3.63) is 34.1 Å². The topological polar surface area (TPSA) is 98.7 Å². The molecule has 2 N–H and O–H groups in total. The van der Waals surface area contributed by atoms with Crippen molar-refractivity contribution in [2.24, 2.45) is 11.7 Å². The summed E-state index contributed by atoms with van der Waals surface area (Å²) in [5.74, 6) is -0.837. The zero-order valence-electron chi connectivity index (χ0n) is 13.3. The Labute approximate surface area is 145 Å². The molecule has 0 aliphatic carbocycles. The number of benzene rings is 1. The maximum atomic E-state index is 13.5. The van der Waals surface area contributed by atoms with E-state index in [9.17, 15) is 19.3 Å². The molecule has 0 bridgehead atoms. The van der Waals surface area contributed by atoms with Crippen LogP contribution in [0.1, 0.15) is 19.8 Å². The van der Waals surface area contributed by atoms with E-state index in [1.54, 1.807) is 4.90 Å². The van der Waals surface area contributed by atoms with Gasteiger partial charge in [-0.3, -0.25) is 14.9 Å². The number of carbonyl (C=O) groups is 1. The smallest absolute Gasteiger partial charge is 0.305 e. The van der Waals surface area contributed by atoms with Crippen molar-refractivity contribution >= 4 is 24.0 Å². The van der Waals surface area contributed by atoms with Crippen LogP contribution in [0.3, 0.4) is 0 Å². The molecule has 9 heteroatoms. The van der Waals surface area contributed by atoms with Crippen molar-refractivity contribution in [1.82, 2.24) is 4.90 Å². The number of carbonyl (C=O) groups excluding carboxylic acids is 1. The van der Waals surface area contributed by atoms with Crippen LogP contribution in [0.25, 0.3) is 0 Å². The Hall–Kier alpha value is -1.93. The summed E-state index contributed by atoms with van der Waals surface area (Å²) in [6.07, 6.45) is 1.89. The third-order valence-corrected chi connectivity index (χ3v) is 4.03. The summed E-state index contributed by atoms with van der Waals surface area (Å²) in [5, 5.41) is 10.5. The van der Waals surface area contributed by atoms with Crippen LogP contribution in [0.4, 0.5) is 10.1 Å². The van der Waals surface area contributed by atoms with Crippen molar-refractivity contribution in [3.63, 3.8) is 0 Å². The molecule has 0 spiro atoms. The van der Waals surface area contributed by atoms with Crippen molar-refractivity contribution in [1.29, 1.82) is 0 Å². The number of nitro benzene ring substituents is 1. The average Bonchev–Trinajstić information content (AvgIpc) is 2.52. The van der Waals surface area contributed by atoms with E-state index in [4.69, 9.17) is 10.5 Å². The van der Waals surface area contributed by atoms with Crippen LogP contribution in [-0.4, -0.2) is 41.5 Å². The SMILES string of the molecule is CC(N)C1CCCN(C(=O)COc2ccc([N+](=O)[O-])c(F)c2)C1.Cl. The van der Waals surface area contributed by atoms with E-state index in [1.165, 1.54) is 6.07 Å². The first-order valence-electron chi connectivity index (χ1n) is 7.48. The van der Waals surface area contributed by atoms with E-state index in [-0.39, 0.29) is 42.6 Å². The molecule has 0 aromatic heterocycles. The lowest BCUT2D eigenvalue weighted by Gasteiger charge is -2.34. The zero-order valence-corrected chi connectivity index (χ0v) is 14.1. The minimum absolute atomic E-state index is 0. The Balaban J connectivity index is 0.00000288. The van der Waals surface area contributed by atoms with Crippen LogP contribution in [0.2, 0.25) is 0 Å². The highest BCUT2D eigenvalue weighted by Crippen LogP contribution is 2.23. The quantitative estimate of drug-likeness (QED) is 0.639. The molecule has 24 heavy (non-hydrogen) atoms. The van der Waals surface area contributed by atoms with E-state index in [2.05, 4.69) is 0 Å². The van der Waals surface area contributed by atoms with Crippen molar-refractivity contribution in [2.75, 3.05) is 19.7 Å². The monoisotopic (exact) mass is 361 g/mol. The number of rotatable bonds is 5. The first-order chi connectivity index (χ1) is 10.9. The number of halogens is 2. The summed E-state index contributed by atoms with van der Waals surface area (Å²) in [6.45, 7) is 2.94. The third kappa shape index (κ3) is 5.04. The Morgan fingerprint density at radius 2 is 2.29 bits per heavy atom. The lowest BCUT2D eigenvalue weighted by molar-refractivity contribution is -0.387. The predicted molar refractivity (Wildman–Crippen MR) is 88.8 cm³/mol. The maximum absolute atomic E-state index is 13.5. The lowest BCUT2D eigenvalue weighted by atomic mass is 9.92. The van der Waals surface area contributed by atoms with Crippen molar-refractivity contribution in [2.45, 2.75) is 25.8 Å². The third-order valence-electron chi connectivity index (χ3n) is 4.03. The minimum atomic E-state index is -0.991. The van der Waals surface area contributed by atoms with Gasteiger partial charge in [0, 0.05) is 31.3 Å². The van der Waals surface area contributed by atoms with E-state index >= 15 is 0 Å². The lowest BCUT2D eigenvalue weighted by Crippen LogP contribution is -2.46. The van der Waals surface area contributed by atoms with E-state index < -0.39 is 16.4 Å². The van der Waals surface area contributed by atoms with Gasteiger partial charge in [-0.15, -0.1) is 12.4 Å². The van der Waals surface area contributed by atoms with Crippen molar-refractivity contribution < 1.29 is 18.8 Å². The summed E-state index contributed by atoms with van der Waals surface area (Å²) in [6, 6.07) is 3.22. The molecule has 1 fully saturated rings. The fourth-order valence-electron chi connectivity index (χ4n) is 2.63. The van der Waals surface area contributed by atoms with E-state index in [1.807, 2.05) is 6.92 Å². The normalized spacial score (nSPS) is 18.5. The van der Waals surface area contributed by atoms with Gasteiger partial charge >= 0.3 is 5.69 Å². The molecule has 0 radical (unpaired) electrons. The summed E-state index contributed by atoms with van der Waals surface area (Å²) in [7, 11) is 0. The van der Waals surface area contributed by atoms with Gasteiger partial charge < -0.3 is 15.4 Å². The Bertz CT molecular complexity index is 600. The van der Waals surface area contributed by atoms with Crippen LogP contribution in [-0.2, 0) is 4.79 Å². The van der Waals surface area contributed by atoms with Gasteiger partial charge in [-0.25, -0.2) is 0 Å². The highest BCUT2D eigenvalue weighted by molar-refractivity contribution is 5.85. The number of nitrogens with two attached hydrogens (primary N) is 1. The molecule has 1 heterocycles. The molecule has 2 rings (SSSR count). The first-order valence-corrected chi connectivity index (χ1v) is 7.48. The van der Waals surface area contributed by atoms with Gasteiger partial charge in [0.1, 0.15) is 5.75 Å². The fourth-order valence-corrected chi connectivity index (χ4v) is 2.63. The number of hydrogen-bond donors (Lipinski definition) is 1. The number of likely N-dealkylation sites (tertiary alicyclic amines) is 1. The molecule has 2 unspecified atom stereocenters. The van der Waals surface area contributed by atoms with Crippen LogP contribution in [0, 0.1) is 21.8 Å². The summed E-state index contributed by atoms with van der Waals surface area (Å²) < 4.78 is 18.7. The standard InChI is InChI=1S/C15H20FN3O4.ClH/c1-10(17)11-3-2-6-18(8-11)15(20)9-23-12-4-5-14(19(21)22)13(16)7-12;/h4-5,7,10-11H,2-3,6,8-9,17H2,1H3;1H. The molecule has 0 saturated carbocycles. The first kappa shape index (κ1) is 20.1. The predicted octanol–water partition coefficient (Wildman–Crippen LogP) is 2.12. The van der Waals surface area contributed by atoms with Gasteiger partial charge in [0.25, 0.3) is 5.91 Å². The number of amides is 1. The molecular formula is C15H21ClFN3O4. The zero-order chi connectivity index (χ0) is 17.0. The second-order valence-corrected chi connectivity index (χ2v) is 5.76. The number of hydrogen-bond acceptors (Lipinski definition) is 5. The number of piperidine rings is 1. The number of nitro groups is 1. The summed E-state index contributed by atoms with van der Waals surface area (Å²) >= 11 is 0. The van der Waals surface area contributed by atoms with Gasteiger partial charge in [-0.05, 0) is 31.7 Å². The molecule has 1 amide bonds. The molecule has 1 saturated heterocycles. The molecule has 134 valence electrons.